The minimum Gasteiger partial charge on any atom is -0.463 e. The second-order valence-electron chi connectivity index (χ2n) is 5.15. The van der Waals surface area contributed by atoms with E-state index in [4.69, 9.17) is 4.42 Å². The molecule has 3 rings (SSSR count). The van der Waals surface area contributed by atoms with E-state index in [9.17, 15) is 9.59 Å². The van der Waals surface area contributed by atoms with Gasteiger partial charge >= 0.3 is 0 Å². The number of fused-ring (bicyclic) bond motifs is 1. The molecule has 0 atom stereocenters. The molecule has 8 nitrogen and oxygen atoms in total. The summed E-state index contributed by atoms with van der Waals surface area (Å²) in [7, 11) is 0. The normalized spacial score (nSPS) is 11.3. The highest BCUT2D eigenvalue weighted by Crippen LogP contribution is 2.21. The topological polar surface area (TPSA) is 105 Å². The van der Waals surface area contributed by atoms with Gasteiger partial charge in [-0.3, -0.25) is 9.59 Å². The van der Waals surface area contributed by atoms with Crippen molar-refractivity contribution in [2.24, 2.45) is 0 Å². The van der Waals surface area contributed by atoms with Crippen molar-refractivity contribution < 1.29 is 9.21 Å². The summed E-state index contributed by atoms with van der Waals surface area (Å²) in [5, 5.41) is 13.9. The molecule has 0 aliphatic rings. The van der Waals surface area contributed by atoms with Gasteiger partial charge in [-0.15, -0.1) is 5.10 Å². The van der Waals surface area contributed by atoms with Crippen LogP contribution in [0.2, 0.25) is 0 Å². The Bertz CT molecular complexity index is 882. The molecule has 2 N–H and O–H groups in total. The first-order valence-electron chi connectivity index (χ1n) is 6.99. The number of carbonyl (C=O) groups excluding carboxylic acids is 1. The fourth-order valence-corrected chi connectivity index (χ4v) is 2.74. The van der Waals surface area contributed by atoms with Crippen LogP contribution in [0.1, 0.15) is 13.8 Å². The van der Waals surface area contributed by atoms with Crippen LogP contribution >= 0.6 is 11.8 Å². The van der Waals surface area contributed by atoms with Gasteiger partial charge in [0.05, 0.1) is 12.0 Å². The Balaban J connectivity index is 1.90. The number of furan rings is 1. The highest BCUT2D eigenvalue weighted by molar-refractivity contribution is 7.99. The van der Waals surface area contributed by atoms with Crippen LogP contribution in [0.15, 0.2) is 38.8 Å². The maximum atomic E-state index is 11.9. The molecule has 3 aromatic heterocycles. The van der Waals surface area contributed by atoms with Gasteiger partial charge in [0.15, 0.2) is 5.76 Å². The van der Waals surface area contributed by atoms with Gasteiger partial charge in [0.1, 0.15) is 11.2 Å². The molecular weight excluding hydrogens is 318 g/mol. The molecule has 0 saturated carbocycles. The number of carbonyl (C=O) groups is 1. The number of nitrogens with one attached hydrogen (secondary N) is 2. The lowest BCUT2D eigenvalue weighted by atomic mass is 10.3. The van der Waals surface area contributed by atoms with Crippen molar-refractivity contribution in [2.45, 2.75) is 25.0 Å². The van der Waals surface area contributed by atoms with Gasteiger partial charge in [-0.05, 0) is 26.0 Å². The zero-order chi connectivity index (χ0) is 16.4. The monoisotopic (exact) mass is 333 g/mol. The van der Waals surface area contributed by atoms with Crippen molar-refractivity contribution in [3.8, 4) is 11.5 Å². The summed E-state index contributed by atoms with van der Waals surface area (Å²) >= 11 is 1.20. The maximum absolute atomic E-state index is 11.9. The van der Waals surface area contributed by atoms with E-state index in [1.54, 1.807) is 18.2 Å². The number of hydrogen-bond acceptors (Lipinski definition) is 6. The predicted octanol–water partition coefficient (Wildman–Crippen LogP) is 1.29. The fourth-order valence-electron chi connectivity index (χ4n) is 2.02. The Morgan fingerprint density at radius 3 is 3.04 bits per heavy atom. The standard InChI is InChI=1S/C14H15N5O3S/c1-8(2)15-12(20)7-23-14-17-16-13(21)10-6-9(18-19(10)14)11-4-3-5-22-11/h3-6,8H,7H2,1-2H3,(H,15,20)(H,16,21). The Morgan fingerprint density at radius 1 is 1.52 bits per heavy atom. The summed E-state index contributed by atoms with van der Waals surface area (Å²) in [5.41, 5.74) is 0.520. The Hall–Kier alpha value is -2.55. The molecule has 120 valence electrons. The van der Waals surface area contributed by atoms with Crippen molar-refractivity contribution >= 4 is 23.2 Å². The third-order valence-corrected chi connectivity index (χ3v) is 3.86. The van der Waals surface area contributed by atoms with E-state index in [0.29, 0.717) is 22.1 Å². The zero-order valence-electron chi connectivity index (χ0n) is 12.6. The molecule has 9 heteroatoms. The van der Waals surface area contributed by atoms with E-state index in [-0.39, 0.29) is 23.3 Å². The van der Waals surface area contributed by atoms with Crippen molar-refractivity contribution in [1.29, 1.82) is 0 Å². The van der Waals surface area contributed by atoms with Gasteiger partial charge in [0.25, 0.3) is 5.56 Å². The molecule has 0 aliphatic carbocycles. The largest absolute Gasteiger partial charge is 0.463 e. The molecule has 3 heterocycles. The highest BCUT2D eigenvalue weighted by Gasteiger charge is 2.14. The third kappa shape index (κ3) is 3.29. The van der Waals surface area contributed by atoms with E-state index in [2.05, 4.69) is 20.6 Å². The van der Waals surface area contributed by atoms with Crippen molar-refractivity contribution in [2.75, 3.05) is 5.75 Å². The molecule has 3 aromatic rings. The Morgan fingerprint density at radius 2 is 2.35 bits per heavy atom. The number of nitrogens with zero attached hydrogens (tertiary/aromatic N) is 3. The average Bonchev–Trinajstić information content (AvgIpc) is 3.15. The van der Waals surface area contributed by atoms with E-state index in [1.165, 1.54) is 22.5 Å². The zero-order valence-corrected chi connectivity index (χ0v) is 13.4. The highest BCUT2D eigenvalue weighted by atomic mass is 32.2. The summed E-state index contributed by atoms with van der Waals surface area (Å²) in [6.45, 7) is 3.78. The first kappa shape index (κ1) is 15.3. The van der Waals surface area contributed by atoms with Crippen LogP contribution in [0, 0.1) is 0 Å². The molecule has 0 bridgehead atoms. The fraction of sp³-hybridized carbons (Fsp3) is 0.286. The van der Waals surface area contributed by atoms with E-state index in [0.717, 1.165) is 0 Å². The van der Waals surface area contributed by atoms with Crippen LogP contribution in [0.25, 0.3) is 17.0 Å². The molecular formula is C14H15N5O3S. The van der Waals surface area contributed by atoms with Crippen LogP contribution in [-0.2, 0) is 4.79 Å². The van der Waals surface area contributed by atoms with E-state index in [1.807, 2.05) is 13.8 Å². The van der Waals surface area contributed by atoms with Crippen LogP contribution in [0.5, 0.6) is 0 Å². The second kappa shape index (κ2) is 6.29. The quantitative estimate of drug-likeness (QED) is 0.682. The summed E-state index contributed by atoms with van der Waals surface area (Å²) in [4.78, 5) is 23.6. The smallest absolute Gasteiger partial charge is 0.290 e. The molecule has 0 fully saturated rings. The molecule has 0 unspecified atom stereocenters. The molecule has 23 heavy (non-hydrogen) atoms. The van der Waals surface area contributed by atoms with Crippen molar-refractivity contribution in [3.63, 3.8) is 0 Å². The molecule has 0 aliphatic heterocycles. The summed E-state index contributed by atoms with van der Waals surface area (Å²) in [5.74, 6) is 0.633. The summed E-state index contributed by atoms with van der Waals surface area (Å²) < 4.78 is 6.71. The minimum atomic E-state index is -0.355. The lowest BCUT2D eigenvalue weighted by molar-refractivity contribution is -0.119. The number of amides is 1. The first-order valence-corrected chi connectivity index (χ1v) is 7.97. The van der Waals surface area contributed by atoms with E-state index >= 15 is 0 Å². The van der Waals surface area contributed by atoms with Crippen LogP contribution in [-0.4, -0.2) is 37.5 Å². The molecule has 0 spiro atoms. The van der Waals surface area contributed by atoms with Gasteiger partial charge in [0, 0.05) is 12.1 Å². The van der Waals surface area contributed by atoms with Gasteiger partial charge in [-0.1, -0.05) is 11.8 Å². The third-order valence-electron chi connectivity index (χ3n) is 2.93. The van der Waals surface area contributed by atoms with Crippen LogP contribution in [0.3, 0.4) is 0 Å². The summed E-state index contributed by atoms with van der Waals surface area (Å²) in [6, 6.07) is 5.19. The molecule has 0 aromatic carbocycles. The summed E-state index contributed by atoms with van der Waals surface area (Å²) in [6.07, 6.45) is 1.54. The van der Waals surface area contributed by atoms with Gasteiger partial charge in [-0.2, -0.15) is 5.10 Å². The number of aromatic nitrogens is 4. The lowest BCUT2D eigenvalue weighted by Crippen LogP contribution is -2.31. The molecule has 1 amide bonds. The SMILES string of the molecule is CC(C)NC(=O)CSc1n[nH]c(=O)c2cc(-c3ccco3)nn12. The van der Waals surface area contributed by atoms with Gasteiger partial charge in [-0.25, -0.2) is 9.61 Å². The maximum Gasteiger partial charge on any atom is 0.290 e. The second-order valence-corrected chi connectivity index (χ2v) is 6.09. The lowest BCUT2D eigenvalue weighted by Gasteiger charge is -2.07. The van der Waals surface area contributed by atoms with Crippen LogP contribution < -0.4 is 10.9 Å². The van der Waals surface area contributed by atoms with Gasteiger partial charge < -0.3 is 9.73 Å². The number of hydrogen-bond donors (Lipinski definition) is 2. The van der Waals surface area contributed by atoms with Crippen molar-refractivity contribution in [1.82, 2.24) is 25.1 Å². The predicted molar refractivity (Wildman–Crippen MR) is 85.3 cm³/mol. The van der Waals surface area contributed by atoms with Crippen LogP contribution in [0.4, 0.5) is 0 Å². The minimum absolute atomic E-state index is 0.0712. The molecule has 0 saturated heterocycles. The number of aromatic amines is 1. The molecule has 0 radical (unpaired) electrons. The van der Waals surface area contributed by atoms with Gasteiger partial charge in [0.2, 0.25) is 11.1 Å². The number of H-pyrrole nitrogens is 1. The number of rotatable bonds is 5. The Kier molecular flexibility index (Phi) is 4.20. The average molecular weight is 333 g/mol. The van der Waals surface area contributed by atoms with E-state index < -0.39 is 0 Å². The number of thioether (sulfide) groups is 1. The Labute approximate surface area is 135 Å². The van der Waals surface area contributed by atoms with Crippen molar-refractivity contribution in [3.05, 3.63) is 34.8 Å². The first-order chi connectivity index (χ1) is 11.0.